The fourth-order valence-electron chi connectivity index (χ4n) is 3.36. The number of hydrogen-bond donors (Lipinski definition) is 2. The number of hydrogen-bond acceptors (Lipinski definition) is 7. The minimum absolute atomic E-state index is 0.0682. The summed E-state index contributed by atoms with van der Waals surface area (Å²) < 4.78 is 10.7. The van der Waals surface area contributed by atoms with Gasteiger partial charge in [0, 0.05) is 38.4 Å². The number of nitrogens with zero attached hydrogens (tertiary/aromatic N) is 2. The molecule has 2 N–H and O–H groups in total. The maximum atomic E-state index is 12.2. The van der Waals surface area contributed by atoms with E-state index in [2.05, 4.69) is 10.2 Å². The third-order valence-corrected chi connectivity index (χ3v) is 4.87. The molecule has 0 bridgehead atoms. The van der Waals surface area contributed by atoms with Gasteiger partial charge in [0.25, 0.3) is 0 Å². The summed E-state index contributed by atoms with van der Waals surface area (Å²) in [5.41, 5.74) is 0.550. The summed E-state index contributed by atoms with van der Waals surface area (Å²) >= 11 is 0. The van der Waals surface area contributed by atoms with E-state index in [1.807, 2.05) is 65.8 Å². The predicted molar refractivity (Wildman–Crippen MR) is 125 cm³/mol. The van der Waals surface area contributed by atoms with Crippen LogP contribution >= 0.6 is 0 Å². The molecule has 0 saturated carbocycles. The van der Waals surface area contributed by atoms with Crippen molar-refractivity contribution < 1.29 is 24.2 Å². The van der Waals surface area contributed by atoms with Crippen LogP contribution in [0.2, 0.25) is 0 Å². The molecule has 0 radical (unpaired) electrons. The van der Waals surface area contributed by atoms with Crippen LogP contribution in [0, 0.1) is 0 Å². The molecule has 1 aliphatic heterocycles. The molecule has 0 aliphatic carbocycles. The molecule has 180 valence electrons. The highest BCUT2D eigenvalue weighted by atomic mass is 16.6. The van der Waals surface area contributed by atoms with Crippen molar-refractivity contribution in [2.75, 3.05) is 44.6 Å². The quantitative estimate of drug-likeness (QED) is 0.616. The number of aliphatic hydroxyl groups excluding tert-OH is 1. The van der Waals surface area contributed by atoms with Gasteiger partial charge >= 0.3 is 12.1 Å². The maximum Gasteiger partial charge on any atom is 0.410 e. The van der Waals surface area contributed by atoms with E-state index < -0.39 is 17.3 Å². The molecule has 0 aromatic heterocycles. The van der Waals surface area contributed by atoms with Crippen molar-refractivity contribution in [3.63, 3.8) is 0 Å². The molecule has 8 nitrogen and oxygen atoms in total. The normalized spacial score (nSPS) is 16.4. The molecule has 1 fully saturated rings. The number of carbonyl (C=O) groups excluding carboxylic acids is 2. The van der Waals surface area contributed by atoms with Crippen molar-refractivity contribution in [3.05, 3.63) is 29.8 Å². The van der Waals surface area contributed by atoms with Crippen LogP contribution in [0.25, 0.3) is 0 Å². The summed E-state index contributed by atoms with van der Waals surface area (Å²) in [6.45, 7) is 14.6. The maximum absolute atomic E-state index is 12.2. The highest BCUT2D eigenvalue weighted by molar-refractivity contribution is 5.75. The van der Waals surface area contributed by atoms with Gasteiger partial charge in [-0.3, -0.25) is 9.69 Å². The molecule has 1 heterocycles. The summed E-state index contributed by atoms with van der Waals surface area (Å²) in [7, 11) is 0. The Hall–Kier alpha value is -2.32. The Kier molecular flexibility index (Phi) is 8.92. The Bertz CT molecular complexity index is 762. The average molecular weight is 450 g/mol. The second-order valence-corrected chi connectivity index (χ2v) is 10.2. The molecule has 1 saturated heterocycles. The third-order valence-electron chi connectivity index (χ3n) is 4.87. The molecule has 1 aromatic carbocycles. The number of amides is 1. The molecular formula is C24H39N3O5. The van der Waals surface area contributed by atoms with E-state index in [0.29, 0.717) is 19.5 Å². The highest BCUT2D eigenvalue weighted by Crippen LogP contribution is 2.21. The first-order valence-electron chi connectivity index (χ1n) is 11.3. The number of benzene rings is 1. The summed E-state index contributed by atoms with van der Waals surface area (Å²) in [6.07, 6.45) is -0.294. The highest BCUT2D eigenvalue weighted by Gasteiger charge is 2.26. The SMILES string of the molecule is CC(C)(C)OC(=O)CNc1cccc([C@H](O)CCN2CCN(C(=O)OC(C)(C)C)CC2)c1. The fraction of sp³-hybridized carbons (Fsp3) is 0.667. The van der Waals surface area contributed by atoms with Crippen molar-refractivity contribution >= 4 is 17.7 Å². The number of rotatable bonds is 7. The number of ether oxygens (including phenoxy) is 2. The standard InChI is InChI=1S/C24H39N3O5/c1-23(2,3)31-21(29)17-25-19-9-7-8-18(16-19)20(28)10-11-26-12-14-27(15-13-26)22(30)32-24(4,5)6/h7-9,16,20,25,28H,10-15,17H2,1-6H3/t20-/m1/s1. The summed E-state index contributed by atoms with van der Waals surface area (Å²) in [4.78, 5) is 28.0. The Morgan fingerprint density at radius 3 is 2.25 bits per heavy atom. The number of aliphatic hydroxyl groups is 1. The van der Waals surface area contributed by atoms with E-state index >= 15 is 0 Å². The largest absolute Gasteiger partial charge is 0.459 e. The third kappa shape index (κ3) is 9.44. The smallest absolute Gasteiger partial charge is 0.410 e. The molecule has 1 amide bonds. The van der Waals surface area contributed by atoms with Gasteiger partial charge in [0.2, 0.25) is 0 Å². The van der Waals surface area contributed by atoms with E-state index in [1.54, 1.807) is 4.90 Å². The van der Waals surface area contributed by atoms with Crippen molar-refractivity contribution in [2.24, 2.45) is 0 Å². The number of carbonyl (C=O) groups is 2. The minimum atomic E-state index is -0.609. The van der Waals surface area contributed by atoms with Gasteiger partial charge in [-0.25, -0.2) is 4.79 Å². The lowest BCUT2D eigenvalue weighted by molar-refractivity contribution is -0.152. The minimum Gasteiger partial charge on any atom is -0.459 e. The molecular weight excluding hydrogens is 410 g/mol. The average Bonchev–Trinajstić information content (AvgIpc) is 2.68. The second-order valence-electron chi connectivity index (χ2n) is 10.2. The van der Waals surface area contributed by atoms with E-state index in [9.17, 15) is 14.7 Å². The van der Waals surface area contributed by atoms with Gasteiger partial charge in [0.05, 0.1) is 6.10 Å². The van der Waals surface area contributed by atoms with Crippen LogP contribution in [0.4, 0.5) is 10.5 Å². The van der Waals surface area contributed by atoms with Crippen molar-refractivity contribution in [2.45, 2.75) is 65.3 Å². The predicted octanol–water partition coefficient (Wildman–Crippen LogP) is 3.42. The zero-order valence-electron chi connectivity index (χ0n) is 20.3. The van der Waals surface area contributed by atoms with Crippen molar-refractivity contribution in [1.82, 2.24) is 9.80 Å². The summed E-state index contributed by atoms with van der Waals surface area (Å²) in [5, 5.41) is 13.7. The van der Waals surface area contributed by atoms with Crippen molar-refractivity contribution in [3.8, 4) is 0 Å². The van der Waals surface area contributed by atoms with E-state index in [-0.39, 0.29) is 18.6 Å². The van der Waals surface area contributed by atoms with Gasteiger partial charge in [-0.1, -0.05) is 12.1 Å². The fourth-order valence-corrected chi connectivity index (χ4v) is 3.36. The first-order chi connectivity index (χ1) is 14.8. The molecule has 8 heteroatoms. The second kappa shape index (κ2) is 11.0. The first kappa shape index (κ1) is 25.9. The molecule has 1 atom stereocenters. The van der Waals surface area contributed by atoms with Gasteiger partial charge < -0.3 is 24.8 Å². The van der Waals surface area contributed by atoms with Crippen LogP contribution in [-0.4, -0.2) is 77.4 Å². The zero-order chi connectivity index (χ0) is 23.9. The van der Waals surface area contributed by atoms with Gasteiger partial charge in [-0.05, 0) is 65.7 Å². The van der Waals surface area contributed by atoms with Crippen LogP contribution in [0.15, 0.2) is 24.3 Å². The molecule has 1 aliphatic rings. The first-order valence-corrected chi connectivity index (χ1v) is 11.3. The van der Waals surface area contributed by atoms with E-state index in [0.717, 1.165) is 30.9 Å². The van der Waals surface area contributed by atoms with Gasteiger partial charge in [0.15, 0.2) is 0 Å². The van der Waals surface area contributed by atoms with Crippen LogP contribution < -0.4 is 5.32 Å². The Morgan fingerprint density at radius 2 is 1.66 bits per heavy atom. The summed E-state index contributed by atoms with van der Waals surface area (Å²) in [5.74, 6) is -0.325. The van der Waals surface area contributed by atoms with E-state index in [1.165, 1.54) is 0 Å². The van der Waals surface area contributed by atoms with Crippen LogP contribution in [-0.2, 0) is 14.3 Å². The van der Waals surface area contributed by atoms with Gasteiger partial charge in [-0.2, -0.15) is 0 Å². The number of piperazine rings is 1. The Balaban J connectivity index is 1.77. The number of anilines is 1. The van der Waals surface area contributed by atoms with E-state index in [4.69, 9.17) is 9.47 Å². The molecule has 0 unspecified atom stereocenters. The molecule has 1 aromatic rings. The summed E-state index contributed by atoms with van der Waals surface area (Å²) in [6, 6.07) is 7.45. The lowest BCUT2D eigenvalue weighted by atomic mass is 10.1. The van der Waals surface area contributed by atoms with Crippen LogP contribution in [0.5, 0.6) is 0 Å². The van der Waals surface area contributed by atoms with Crippen LogP contribution in [0.3, 0.4) is 0 Å². The number of nitrogens with one attached hydrogen (secondary N) is 1. The van der Waals surface area contributed by atoms with Crippen molar-refractivity contribution in [1.29, 1.82) is 0 Å². The number of esters is 1. The monoisotopic (exact) mass is 449 g/mol. The van der Waals surface area contributed by atoms with Crippen LogP contribution in [0.1, 0.15) is 59.6 Å². The lowest BCUT2D eigenvalue weighted by Crippen LogP contribution is -2.50. The lowest BCUT2D eigenvalue weighted by Gasteiger charge is -2.35. The molecule has 32 heavy (non-hydrogen) atoms. The molecule has 2 rings (SSSR count). The molecule has 0 spiro atoms. The van der Waals surface area contributed by atoms with Gasteiger partial charge in [-0.15, -0.1) is 0 Å². The Morgan fingerprint density at radius 1 is 1.03 bits per heavy atom. The Labute approximate surface area is 191 Å². The topological polar surface area (TPSA) is 91.3 Å². The van der Waals surface area contributed by atoms with Gasteiger partial charge in [0.1, 0.15) is 17.7 Å². The zero-order valence-corrected chi connectivity index (χ0v) is 20.3.